The molecule has 1 aromatic carbocycles. The number of nitrogens with two attached hydrogens (primary N) is 1. The largest absolute Gasteiger partial charge is 0.439 e. The lowest BCUT2D eigenvalue weighted by molar-refractivity contribution is 0.443. The zero-order valence-corrected chi connectivity index (χ0v) is 11.1. The van der Waals surface area contributed by atoms with Crippen molar-refractivity contribution < 1.29 is 4.42 Å². The van der Waals surface area contributed by atoms with Gasteiger partial charge >= 0.3 is 0 Å². The molecule has 0 atom stereocenters. The standard InChI is InChI=1S/C16H20N2O/c17-10-16-18-11-15(19-16)14-8-6-13(7-9-14)12-4-2-1-3-5-12/h6-9,11-12H,1-5,10,17H2. The van der Waals surface area contributed by atoms with E-state index >= 15 is 0 Å². The molecule has 0 amide bonds. The molecule has 1 aliphatic carbocycles. The highest BCUT2D eigenvalue weighted by molar-refractivity contribution is 5.56. The van der Waals surface area contributed by atoms with Crippen LogP contribution in [0.25, 0.3) is 11.3 Å². The molecule has 1 saturated carbocycles. The van der Waals surface area contributed by atoms with Gasteiger partial charge in [-0.05, 0) is 24.3 Å². The van der Waals surface area contributed by atoms with Gasteiger partial charge in [0, 0.05) is 5.56 Å². The Morgan fingerprint density at radius 2 is 1.84 bits per heavy atom. The summed E-state index contributed by atoms with van der Waals surface area (Å²) in [4.78, 5) is 4.13. The maximum Gasteiger partial charge on any atom is 0.208 e. The van der Waals surface area contributed by atoms with Gasteiger partial charge in [0.25, 0.3) is 0 Å². The summed E-state index contributed by atoms with van der Waals surface area (Å²) >= 11 is 0. The van der Waals surface area contributed by atoms with Crippen molar-refractivity contribution in [1.82, 2.24) is 4.98 Å². The third-order valence-corrected chi connectivity index (χ3v) is 4.00. The van der Waals surface area contributed by atoms with Crippen LogP contribution in [-0.4, -0.2) is 4.98 Å². The van der Waals surface area contributed by atoms with Crippen LogP contribution in [0.2, 0.25) is 0 Å². The van der Waals surface area contributed by atoms with Crippen molar-refractivity contribution in [2.45, 2.75) is 44.6 Å². The summed E-state index contributed by atoms with van der Waals surface area (Å²) in [7, 11) is 0. The number of aromatic nitrogens is 1. The first-order chi connectivity index (χ1) is 9.36. The van der Waals surface area contributed by atoms with Crippen molar-refractivity contribution in [3.05, 3.63) is 41.9 Å². The molecule has 1 aromatic heterocycles. The molecule has 1 fully saturated rings. The van der Waals surface area contributed by atoms with Crippen LogP contribution >= 0.6 is 0 Å². The van der Waals surface area contributed by atoms with E-state index in [0.717, 1.165) is 17.2 Å². The van der Waals surface area contributed by atoms with Gasteiger partial charge in [-0.15, -0.1) is 0 Å². The Bertz CT molecular complexity index is 524. The number of oxazole rings is 1. The highest BCUT2D eigenvalue weighted by atomic mass is 16.4. The summed E-state index contributed by atoms with van der Waals surface area (Å²) in [5.41, 5.74) is 8.04. The van der Waals surface area contributed by atoms with Gasteiger partial charge in [-0.1, -0.05) is 43.5 Å². The van der Waals surface area contributed by atoms with Crippen LogP contribution in [0.1, 0.15) is 49.5 Å². The van der Waals surface area contributed by atoms with E-state index in [9.17, 15) is 0 Å². The number of nitrogens with zero attached hydrogens (tertiary/aromatic N) is 1. The monoisotopic (exact) mass is 256 g/mol. The van der Waals surface area contributed by atoms with Gasteiger partial charge in [-0.3, -0.25) is 0 Å². The Morgan fingerprint density at radius 3 is 2.47 bits per heavy atom. The van der Waals surface area contributed by atoms with E-state index in [1.165, 1.54) is 37.7 Å². The first-order valence-electron chi connectivity index (χ1n) is 7.12. The molecule has 3 heteroatoms. The van der Waals surface area contributed by atoms with Crippen LogP contribution in [0.3, 0.4) is 0 Å². The topological polar surface area (TPSA) is 52.0 Å². The molecule has 2 aromatic rings. The molecule has 0 bridgehead atoms. The molecule has 3 rings (SSSR count). The highest BCUT2D eigenvalue weighted by Gasteiger charge is 2.15. The van der Waals surface area contributed by atoms with Gasteiger partial charge in [0.15, 0.2) is 5.76 Å². The Hall–Kier alpha value is -1.61. The van der Waals surface area contributed by atoms with Gasteiger partial charge in [0.1, 0.15) is 0 Å². The average Bonchev–Trinajstić information content (AvgIpc) is 2.97. The molecule has 3 nitrogen and oxygen atoms in total. The maximum absolute atomic E-state index is 5.57. The summed E-state index contributed by atoms with van der Waals surface area (Å²) in [5.74, 6) is 2.14. The minimum absolute atomic E-state index is 0.347. The Labute approximate surface area is 113 Å². The van der Waals surface area contributed by atoms with Gasteiger partial charge in [-0.25, -0.2) is 4.98 Å². The average molecular weight is 256 g/mol. The van der Waals surface area contributed by atoms with Crippen LogP contribution in [-0.2, 0) is 6.54 Å². The minimum Gasteiger partial charge on any atom is -0.439 e. The molecule has 1 aliphatic rings. The third kappa shape index (κ3) is 2.71. The van der Waals surface area contributed by atoms with E-state index in [1.54, 1.807) is 6.20 Å². The second-order valence-electron chi connectivity index (χ2n) is 5.28. The van der Waals surface area contributed by atoms with Crippen molar-refractivity contribution in [3.63, 3.8) is 0 Å². The fourth-order valence-electron chi connectivity index (χ4n) is 2.89. The second kappa shape index (κ2) is 5.57. The van der Waals surface area contributed by atoms with E-state index in [-0.39, 0.29) is 0 Å². The highest BCUT2D eigenvalue weighted by Crippen LogP contribution is 2.33. The number of hydrogen-bond donors (Lipinski definition) is 1. The van der Waals surface area contributed by atoms with Gasteiger partial charge < -0.3 is 10.2 Å². The summed E-state index contributed by atoms with van der Waals surface area (Å²) in [6.45, 7) is 0.347. The lowest BCUT2D eigenvalue weighted by atomic mass is 9.84. The van der Waals surface area contributed by atoms with Crippen molar-refractivity contribution in [2.75, 3.05) is 0 Å². The Balaban J connectivity index is 1.78. The van der Waals surface area contributed by atoms with E-state index in [1.807, 2.05) is 0 Å². The van der Waals surface area contributed by atoms with Crippen molar-refractivity contribution in [2.24, 2.45) is 5.73 Å². The van der Waals surface area contributed by atoms with E-state index in [4.69, 9.17) is 10.2 Å². The summed E-state index contributed by atoms with van der Waals surface area (Å²) in [5, 5.41) is 0. The van der Waals surface area contributed by atoms with E-state index < -0.39 is 0 Å². The molecular formula is C16H20N2O. The van der Waals surface area contributed by atoms with Gasteiger partial charge in [-0.2, -0.15) is 0 Å². The number of hydrogen-bond acceptors (Lipinski definition) is 3. The normalized spacial score (nSPS) is 16.7. The zero-order chi connectivity index (χ0) is 13.1. The maximum atomic E-state index is 5.57. The molecule has 100 valence electrons. The minimum atomic E-state index is 0.347. The molecule has 0 radical (unpaired) electrons. The number of benzene rings is 1. The predicted molar refractivity (Wildman–Crippen MR) is 75.7 cm³/mol. The van der Waals surface area contributed by atoms with Gasteiger partial charge in [0.05, 0.1) is 12.7 Å². The van der Waals surface area contributed by atoms with E-state index in [0.29, 0.717) is 12.4 Å². The van der Waals surface area contributed by atoms with Crippen LogP contribution < -0.4 is 5.73 Å². The van der Waals surface area contributed by atoms with Crippen LogP contribution in [0.15, 0.2) is 34.9 Å². The zero-order valence-electron chi connectivity index (χ0n) is 11.1. The Morgan fingerprint density at radius 1 is 1.11 bits per heavy atom. The summed E-state index contributed by atoms with van der Waals surface area (Å²) < 4.78 is 5.57. The molecular weight excluding hydrogens is 236 g/mol. The first-order valence-corrected chi connectivity index (χ1v) is 7.12. The molecule has 0 saturated heterocycles. The fourth-order valence-corrected chi connectivity index (χ4v) is 2.89. The van der Waals surface area contributed by atoms with Crippen molar-refractivity contribution in [1.29, 1.82) is 0 Å². The Kier molecular flexibility index (Phi) is 3.65. The van der Waals surface area contributed by atoms with Crippen molar-refractivity contribution >= 4 is 0 Å². The lowest BCUT2D eigenvalue weighted by Crippen LogP contribution is -2.04. The first kappa shape index (κ1) is 12.4. The smallest absolute Gasteiger partial charge is 0.208 e. The molecule has 0 unspecified atom stereocenters. The molecule has 2 N–H and O–H groups in total. The molecule has 0 spiro atoms. The van der Waals surface area contributed by atoms with Crippen molar-refractivity contribution in [3.8, 4) is 11.3 Å². The van der Waals surface area contributed by atoms with Crippen LogP contribution in [0.4, 0.5) is 0 Å². The second-order valence-corrected chi connectivity index (χ2v) is 5.28. The quantitative estimate of drug-likeness (QED) is 0.907. The molecule has 19 heavy (non-hydrogen) atoms. The lowest BCUT2D eigenvalue weighted by Gasteiger charge is -2.21. The predicted octanol–water partition coefficient (Wildman–Crippen LogP) is 3.85. The summed E-state index contributed by atoms with van der Waals surface area (Å²) in [6, 6.07) is 8.72. The summed E-state index contributed by atoms with van der Waals surface area (Å²) in [6.07, 6.45) is 8.55. The van der Waals surface area contributed by atoms with Crippen LogP contribution in [0, 0.1) is 0 Å². The van der Waals surface area contributed by atoms with Gasteiger partial charge in [0.2, 0.25) is 5.89 Å². The third-order valence-electron chi connectivity index (χ3n) is 4.00. The SMILES string of the molecule is NCc1ncc(-c2ccc(C3CCCCC3)cc2)o1. The molecule has 1 heterocycles. The van der Waals surface area contributed by atoms with E-state index in [2.05, 4.69) is 29.2 Å². The van der Waals surface area contributed by atoms with Crippen LogP contribution in [0.5, 0.6) is 0 Å². The number of rotatable bonds is 3. The molecule has 0 aliphatic heterocycles. The fraction of sp³-hybridized carbons (Fsp3) is 0.438.